The van der Waals surface area contributed by atoms with Gasteiger partial charge >= 0.3 is 0 Å². The fraction of sp³-hybridized carbons (Fsp3) is 0.947. The zero-order chi connectivity index (χ0) is 18.3. The lowest BCUT2D eigenvalue weighted by molar-refractivity contribution is 0.0169. The van der Waals surface area contributed by atoms with E-state index in [0.717, 1.165) is 64.1 Å². The van der Waals surface area contributed by atoms with E-state index >= 15 is 0 Å². The summed E-state index contributed by atoms with van der Waals surface area (Å²) in [5.74, 6) is 1.63. The van der Waals surface area contributed by atoms with Gasteiger partial charge in [0.15, 0.2) is 5.96 Å². The summed E-state index contributed by atoms with van der Waals surface area (Å²) in [5, 5.41) is 6.82. The van der Waals surface area contributed by atoms with Gasteiger partial charge in [0.1, 0.15) is 0 Å². The van der Waals surface area contributed by atoms with Gasteiger partial charge in [0.2, 0.25) is 0 Å². The van der Waals surface area contributed by atoms with E-state index in [4.69, 9.17) is 9.47 Å². The Labute approximate surface area is 177 Å². The first kappa shape index (κ1) is 25.9. The SMILES string of the molecule is CCOC(CCNC(=NC)NCCN(C)CCCOC)C1CCCC1.I. The molecular formula is C19H41IN4O2. The summed E-state index contributed by atoms with van der Waals surface area (Å²) in [6.07, 6.45) is 7.90. The van der Waals surface area contributed by atoms with Crippen molar-refractivity contribution in [3.63, 3.8) is 0 Å². The van der Waals surface area contributed by atoms with Crippen LogP contribution in [-0.2, 0) is 9.47 Å². The Morgan fingerprint density at radius 2 is 1.88 bits per heavy atom. The first-order valence-corrected chi connectivity index (χ1v) is 9.94. The first-order valence-electron chi connectivity index (χ1n) is 9.94. The molecule has 0 aromatic carbocycles. The number of rotatable bonds is 13. The van der Waals surface area contributed by atoms with Gasteiger partial charge < -0.3 is 25.0 Å². The first-order chi connectivity index (χ1) is 12.2. The number of nitrogens with one attached hydrogen (secondary N) is 2. The Balaban J connectivity index is 0.00000625. The summed E-state index contributed by atoms with van der Waals surface area (Å²) in [5.41, 5.74) is 0. The number of aliphatic imine (C=N–C) groups is 1. The van der Waals surface area contributed by atoms with Crippen molar-refractivity contribution in [3.05, 3.63) is 0 Å². The number of halogens is 1. The standard InChI is InChI=1S/C19H40N4O2.HI/c1-5-25-18(17-9-6-7-10-17)11-12-21-19(20-2)22-13-15-23(3)14-8-16-24-4;/h17-18H,5-16H2,1-4H3,(H2,20,21,22);1H. The Hall–Kier alpha value is -0.120. The molecule has 26 heavy (non-hydrogen) atoms. The molecule has 0 radical (unpaired) electrons. The Kier molecular flexibility index (Phi) is 16.9. The Morgan fingerprint density at radius 1 is 1.19 bits per heavy atom. The smallest absolute Gasteiger partial charge is 0.191 e. The maximum absolute atomic E-state index is 5.98. The van der Waals surface area contributed by atoms with Crippen molar-refractivity contribution in [1.82, 2.24) is 15.5 Å². The molecule has 1 aliphatic carbocycles. The van der Waals surface area contributed by atoms with Crippen molar-refractivity contribution in [2.75, 3.05) is 60.6 Å². The average molecular weight is 484 g/mol. The Morgan fingerprint density at radius 3 is 2.50 bits per heavy atom. The van der Waals surface area contributed by atoms with Gasteiger partial charge in [0, 0.05) is 53.6 Å². The van der Waals surface area contributed by atoms with Crippen LogP contribution in [0.5, 0.6) is 0 Å². The normalized spacial score (nSPS) is 16.6. The summed E-state index contributed by atoms with van der Waals surface area (Å²) in [6.45, 7) is 7.57. The van der Waals surface area contributed by atoms with E-state index in [1.54, 1.807) is 7.11 Å². The summed E-state index contributed by atoms with van der Waals surface area (Å²) in [4.78, 5) is 6.63. The third kappa shape index (κ3) is 11.6. The van der Waals surface area contributed by atoms with E-state index in [-0.39, 0.29) is 24.0 Å². The summed E-state index contributed by atoms with van der Waals surface area (Å²) < 4.78 is 11.1. The molecule has 1 rings (SSSR count). The topological polar surface area (TPSA) is 58.1 Å². The molecule has 1 unspecified atom stereocenters. The van der Waals surface area contributed by atoms with E-state index in [1.807, 2.05) is 7.05 Å². The van der Waals surface area contributed by atoms with Crippen LogP contribution < -0.4 is 10.6 Å². The van der Waals surface area contributed by atoms with E-state index in [0.29, 0.717) is 6.10 Å². The fourth-order valence-electron chi connectivity index (χ4n) is 3.51. The lowest BCUT2D eigenvalue weighted by Crippen LogP contribution is -2.42. The monoisotopic (exact) mass is 484 g/mol. The molecule has 0 saturated heterocycles. The van der Waals surface area contributed by atoms with Crippen LogP contribution in [0.3, 0.4) is 0 Å². The number of ether oxygens (including phenoxy) is 2. The molecule has 0 aromatic heterocycles. The highest BCUT2D eigenvalue weighted by atomic mass is 127. The highest BCUT2D eigenvalue weighted by Crippen LogP contribution is 2.30. The van der Waals surface area contributed by atoms with Gasteiger partial charge in [0.05, 0.1) is 6.10 Å². The minimum atomic E-state index is 0. The molecule has 6 nitrogen and oxygen atoms in total. The largest absolute Gasteiger partial charge is 0.385 e. The van der Waals surface area contributed by atoms with Gasteiger partial charge in [-0.3, -0.25) is 4.99 Å². The minimum absolute atomic E-state index is 0. The fourth-order valence-corrected chi connectivity index (χ4v) is 3.51. The van der Waals surface area contributed by atoms with E-state index in [1.165, 1.54) is 25.7 Å². The zero-order valence-corrected chi connectivity index (χ0v) is 19.6. The van der Waals surface area contributed by atoms with Gasteiger partial charge in [0.25, 0.3) is 0 Å². The van der Waals surface area contributed by atoms with Gasteiger partial charge in [-0.25, -0.2) is 0 Å². The number of guanidine groups is 1. The molecule has 0 aromatic rings. The van der Waals surface area contributed by atoms with Crippen LogP contribution in [0.15, 0.2) is 4.99 Å². The molecule has 0 bridgehead atoms. The second-order valence-electron chi connectivity index (χ2n) is 6.90. The van der Waals surface area contributed by atoms with Crippen LogP contribution >= 0.6 is 24.0 Å². The quantitative estimate of drug-likeness (QED) is 0.182. The van der Waals surface area contributed by atoms with E-state index < -0.39 is 0 Å². The second kappa shape index (κ2) is 17.0. The summed E-state index contributed by atoms with van der Waals surface area (Å²) in [6, 6.07) is 0. The van der Waals surface area contributed by atoms with Crippen molar-refractivity contribution in [2.24, 2.45) is 10.9 Å². The molecule has 0 heterocycles. The number of hydrogen-bond donors (Lipinski definition) is 2. The van der Waals surface area contributed by atoms with Crippen LogP contribution in [-0.4, -0.2) is 77.6 Å². The van der Waals surface area contributed by atoms with E-state index in [2.05, 4.69) is 34.5 Å². The molecule has 0 amide bonds. The minimum Gasteiger partial charge on any atom is -0.385 e. The maximum Gasteiger partial charge on any atom is 0.191 e. The Bertz CT molecular complexity index is 352. The third-order valence-electron chi connectivity index (χ3n) is 4.93. The summed E-state index contributed by atoms with van der Waals surface area (Å²) in [7, 11) is 5.72. The van der Waals surface area contributed by atoms with Crippen LogP contribution in [0, 0.1) is 5.92 Å². The van der Waals surface area contributed by atoms with Crippen molar-refractivity contribution in [3.8, 4) is 0 Å². The number of nitrogens with zero attached hydrogens (tertiary/aromatic N) is 2. The molecule has 1 aliphatic rings. The molecule has 1 atom stereocenters. The molecule has 1 fully saturated rings. The van der Waals surface area contributed by atoms with Crippen molar-refractivity contribution in [1.29, 1.82) is 0 Å². The number of likely N-dealkylation sites (N-methyl/N-ethyl adjacent to an activating group) is 1. The highest BCUT2D eigenvalue weighted by Gasteiger charge is 2.25. The molecule has 7 heteroatoms. The predicted molar refractivity (Wildman–Crippen MR) is 121 cm³/mol. The van der Waals surface area contributed by atoms with Gasteiger partial charge in [-0.05, 0) is 45.6 Å². The molecule has 0 spiro atoms. The molecule has 2 N–H and O–H groups in total. The number of hydrogen-bond acceptors (Lipinski definition) is 4. The predicted octanol–water partition coefficient (Wildman–Crippen LogP) is 2.72. The zero-order valence-electron chi connectivity index (χ0n) is 17.3. The average Bonchev–Trinajstić information content (AvgIpc) is 3.14. The highest BCUT2D eigenvalue weighted by molar-refractivity contribution is 14.0. The second-order valence-corrected chi connectivity index (χ2v) is 6.90. The van der Waals surface area contributed by atoms with Crippen molar-refractivity contribution >= 4 is 29.9 Å². The molecular weight excluding hydrogens is 443 g/mol. The van der Waals surface area contributed by atoms with Crippen LogP contribution in [0.2, 0.25) is 0 Å². The van der Waals surface area contributed by atoms with Gasteiger partial charge in [-0.1, -0.05) is 12.8 Å². The van der Waals surface area contributed by atoms with E-state index in [9.17, 15) is 0 Å². The van der Waals surface area contributed by atoms with Crippen molar-refractivity contribution < 1.29 is 9.47 Å². The lowest BCUT2D eigenvalue weighted by atomic mass is 9.98. The molecule has 1 saturated carbocycles. The maximum atomic E-state index is 5.98. The van der Waals surface area contributed by atoms with Gasteiger partial charge in [-0.15, -0.1) is 24.0 Å². The van der Waals surface area contributed by atoms with Crippen LogP contribution in [0.1, 0.15) is 45.4 Å². The van der Waals surface area contributed by atoms with Crippen molar-refractivity contribution in [2.45, 2.75) is 51.6 Å². The van der Waals surface area contributed by atoms with Crippen LogP contribution in [0.25, 0.3) is 0 Å². The number of methoxy groups -OCH3 is 1. The van der Waals surface area contributed by atoms with Crippen LogP contribution in [0.4, 0.5) is 0 Å². The lowest BCUT2D eigenvalue weighted by Gasteiger charge is -2.24. The summed E-state index contributed by atoms with van der Waals surface area (Å²) >= 11 is 0. The third-order valence-corrected chi connectivity index (χ3v) is 4.93. The van der Waals surface area contributed by atoms with Gasteiger partial charge in [-0.2, -0.15) is 0 Å². The molecule has 0 aliphatic heterocycles. The molecule has 156 valence electrons.